The number of carbonyl (C=O) groups is 1. The summed E-state index contributed by atoms with van der Waals surface area (Å²) in [5.74, 6) is -2.53. The largest absolute Gasteiger partial charge is 0.352 e. The first kappa shape index (κ1) is 20.3. The molecular formula is C22H23F2N7O. The Morgan fingerprint density at radius 3 is 2.94 bits per heavy atom. The van der Waals surface area contributed by atoms with Gasteiger partial charge in [-0.1, -0.05) is 6.92 Å². The molecule has 8 nitrogen and oxygen atoms in total. The number of aromatic nitrogens is 5. The highest BCUT2D eigenvalue weighted by atomic mass is 19.3. The Morgan fingerprint density at radius 1 is 1.38 bits per heavy atom. The molecule has 10 heteroatoms. The zero-order valence-electron chi connectivity index (χ0n) is 17.7. The van der Waals surface area contributed by atoms with Crippen molar-refractivity contribution in [3.8, 4) is 11.1 Å². The zero-order valence-corrected chi connectivity index (χ0v) is 17.7. The van der Waals surface area contributed by atoms with Crippen molar-refractivity contribution in [2.75, 3.05) is 5.32 Å². The van der Waals surface area contributed by atoms with E-state index in [1.54, 1.807) is 16.9 Å². The quantitative estimate of drug-likeness (QED) is 0.422. The summed E-state index contributed by atoms with van der Waals surface area (Å²) >= 11 is 0. The molecule has 1 atom stereocenters. The maximum atomic E-state index is 13.1. The van der Waals surface area contributed by atoms with E-state index in [4.69, 9.17) is 0 Å². The van der Waals surface area contributed by atoms with E-state index in [0.29, 0.717) is 22.7 Å². The first-order valence-electron chi connectivity index (χ1n) is 10.6. The van der Waals surface area contributed by atoms with Gasteiger partial charge in [-0.05, 0) is 31.0 Å². The van der Waals surface area contributed by atoms with E-state index in [2.05, 4.69) is 44.5 Å². The number of nitrogens with zero attached hydrogens (tertiary/aromatic N) is 4. The maximum Gasteiger partial charge on any atom is 0.255 e. The Hall–Kier alpha value is -3.56. The van der Waals surface area contributed by atoms with E-state index < -0.39 is 17.9 Å². The minimum Gasteiger partial charge on any atom is -0.352 e. The number of H-pyrrole nitrogens is 1. The molecule has 0 saturated heterocycles. The lowest BCUT2D eigenvalue weighted by Crippen LogP contribution is -2.50. The molecule has 1 fully saturated rings. The fraction of sp³-hybridized carbons (Fsp3) is 0.364. The maximum absolute atomic E-state index is 13.1. The second kappa shape index (κ2) is 7.54. The van der Waals surface area contributed by atoms with Crippen molar-refractivity contribution in [1.82, 2.24) is 29.9 Å². The smallest absolute Gasteiger partial charge is 0.255 e. The van der Waals surface area contributed by atoms with Gasteiger partial charge in [0.1, 0.15) is 5.65 Å². The molecule has 4 heterocycles. The van der Waals surface area contributed by atoms with Crippen molar-refractivity contribution in [3.05, 3.63) is 42.5 Å². The predicted molar refractivity (Wildman–Crippen MR) is 117 cm³/mol. The summed E-state index contributed by atoms with van der Waals surface area (Å²) in [6, 6.07) is 3.49. The molecule has 4 aromatic heterocycles. The molecule has 1 aliphatic rings. The van der Waals surface area contributed by atoms with Gasteiger partial charge in [-0.3, -0.25) is 4.79 Å². The highest BCUT2D eigenvalue weighted by Crippen LogP contribution is 2.37. The molecule has 1 aliphatic carbocycles. The summed E-state index contributed by atoms with van der Waals surface area (Å²) in [5, 5.41) is 11.0. The minimum atomic E-state index is -2.69. The third kappa shape index (κ3) is 3.65. The average molecular weight is 439 g/mol. The average Bonchev–Trinajstić information content (AvgIpc) is 3.35. The molecule has 0 aromatic carbocycles. The number of rotatable bonds is 6. The Labute approximate surface area is 182 Å². The SMILES string of the molecule is CC[C@H](C)Nc1ncc2c(-c3ccn4ncc(C(=O)NC5CC(F)(F)C5)c4c3)c[nH]c2n1. The van der Waals surface area contributed by atoms with Crippen LogP contribution >= 0.6 is 0 Å². The van der Waals surface area contributed by atoms with E-state index in [1.165, 1.54) is 6.20 Å². The number of alkyl halides is 2. The molecule has 0 spiro atoms. The van der Waals surface area contributed by atoms with Crippen LogP contribution in [0.1, 0.15) is 43.5 Å². The highest BCUT2D eigenvalue weighted by Gasteiger charge is 2.46. The monoisotopic (exact) mass is 439 g/mol. The van der Waals surface area contributed by atoms with Gasteiger partial charge in [0.05, 0.1) is 17.3 Å². The summed E-state index contributed by atoms with van der Waals surface area (Å²) in [4.78, 5) is 24.8. The topological polar surface area (TPSA) is 100 Å². The van der Waals surface area contributed by atoms with Crippen LogP contribution in [0.4, 0.5) is 14.7 Å². The van der Waals surface area contributed by atoms with Gasteiger partial charge >= 0.3 is 0 Å². The second-order valence-electron chi connectivity index (χ2n) is 8.35. The number of carbonyl (C=O) groups excluding carboxylic acids is 1. The molecule has 5 rings (SSSR count). The van der Waals surface area contributed by atoms with Crippen molar-refractivity contribution in [1.29, 1.82) is 0 Å². The Bertz CT molecular complexity index is 1300. The Morgan fingerprint density at radius 2 is 2.19 bits per heavy atom. The molecular weight excluding hydrogens is 416 g/mol. The van der Waals surface area contributed by atoms with Crippen molar-refractivity contribution in [2.45, 2.75) is 51.1 Å². The molecule has 0 radical (unpaired) electrons. The number of pyridine rings is 1. The third-order valence-electron chi connectivity index (χ3n) is 5.92. The molecule has 0 unspecified atom stereocenters. The Balaban J connectivity index is 1.44. The standard InChI is InChI=1S/C22H23F2N7O/c1-3-12(2)28-21-26-10-16-15(9-25-19(16)30-21)13-4-5-31-18(6-13)17(11-27-31)20(32)29-14-7-22(23,24)8-14/h4-6,9-12,14H,3,7-8H2,1-2H3,(H,29,32)(H2,25,26,28,30)/t12-/m0/s1. The number of anilines is 1. The van der Waals surface area contributed by atoms with Crippen LogP contribution in [0.2, 0.25) is 0 Å². The van der Waals surface area contributed by atoms with Gasteiger partial charge in [0, 0.05) is 54.5 Å². The van der Waals surface area contributed by atoms with Gasteiger partial charge < -0.3 is 15.6 Å². The van der Waals surface area contributed by atoms with Gasteiger partial charge in [0.25, 0.3) is 11.8 Å². The van der Waals surface area contributed by atoms with Crippen molar-refractivity contribution in [3.63, 3.8) is 0 Å². The first-order valence-corrected chi connectivity index (χ1v) is 10.6. The molecule has 0 aliphatic heterocycles. The van der Waals surface area contributed by atoms with Gasteiger partial charge in [-0.25, -0.2) is 18.3 Å². The van der Waals surface area contributed by atoms with E-state index in [9.17, 15) is 13.6 Å². The molecule has 3 N–H and O–H groups in total. The predicted octanol–water partition coefficient (Wildman–Crippen LogP) is 4.01. The van der Waals surface area contributed by atoms with Crippen LogP contribution in [-0.4, -0.2) is 48.5 Å². The van der Waals surface area contributed by atoms with Crippen LogP contribution in [0, 0.1) is 0 Å². The summed E-state index contributed by atoms with van der Waals surface area (Å²) in [7, 11) is 0. The van der Waals surface area contributed by atoms with Crippen LogP contribution in [0.25, 0.3) is 27.7 Å². The number of halogens is 2. The van der Waals surface area contributed by atoms with E-state index in [0.717, 1.165) is 22.9 Å². The number of amides is 1. The van der Waals surface area contributed by atoms with Gasteiger partial charge in [-0.2, -0.15) is 10.1 Å². The molecule has 4 aromatic rings. The van der Waals surface area contributed by atoms with Crippen LogP contribution < -0.4 is 10.6 Å². The Kier molecular flexibility index (Phi) is 4.79. The highest BCUT2D eigenvalue weighted by molar-refractivity contribution is 6.02. The fourth-order valence-electron chi connectivity index (χ4n) is 3.89. The number of hydrogen-bond acceptors (Lipinski definition) is 5. The molecule has 166 valence electrons. The van der Waals surface area contributed by atoms with Gasteiger partial charge in [-0.15, -0.1) is 0 Å². The summed E-state index contributed by atoms with van der Waals surface area (Å²) in [6.07, 6.45) is 7.14. The van der Waals surface area contributed by atoms with E-state index in [-0.39, 0.29) is 18.9 Å². The molecule has 1 saturated carbocycles. The lowest BCUT2D eigenvalue weighted by atomic mass is 9.88. The number of nitrogens with one attached hydrogen (secondary N) is 3. The van der Waals surface area contributed by atoms with Crippen LogP contribution in [0.3, 0.4) is 0 Å². The number of hydrogen-bond donors (Lipinski definition) is 3. The molecule has 32 heavy (non-hydrogen) atoms. The number of aromatic amines is 1. The van der Waals surface area contributed by atoms with Crippen LogP contribution in [0.5, 0.6) is 0 Å². The lowest BCUT2D eigenvalue weighted by Gasteiger charge is -2.35. The second-order valence-corrected chi connectivity index (χ2v) is 8.35. The fourth-order valence-corrected chi connectivity index (χ4v) is 3.89. The zero-order chi connectivity index (χ0) is 22.5. The molecule has 1 amide bonds. The summed E-state index contributed by atoms with van der Waals surface area (Å²) in [6.45, 7) is 4.16. The van der Waals surface area contributed by atoms with E-state index in [1.807, 2.05) is 18.3 Å². The first-order chi connectivity index (χ1) is 15.3. The van der Waals surface area contributed by atoms with Crippen molar-refractivity contribution >= 4 is 28.4 Å². The van der Waals surface area contributed by atoms with Crippen molar-refractivity contribution < 1.29 is 13.6 Å². The van der Waals surface area contributed by atoms with Gasteiger partial charge in [0.15, 0.2) is 0 Å². The molecule has 0 bridgehead atoms. The van der Waals surface area contributed by atoms with Crippen molar-refractivity contribution in [2.24, 2.45) is 0 Å². The van der Waals surface area contributed by atoms with Crippen LogP contribution in [-0.2, 0) is 0 Å². The summed E-state index contributed by atoms with van der Waals surface area (Å²) < 4.78 is 27.8. The van der Waals surface area contributed by atoms with Crippen LogP contribution in [0.15, 0.2) is 36.9 Å². The normalized spacial score (nSPS) is 16.8. The lowest BCUT2D eigenvalue weighted by molar-refractivity contribution is -0.0901. The summed E-state index contributed by atoms with van der Waals surface area (Å²) in [5.41, 5.74) is 3.40. The van der Waals surface area contributed by atoms with E-state index >= 15 is 0 Å². The third-order valence-corrected chi connectivity index (χ3v) is 5.92. The number of fused-ring (bicyclic) bond motifs is 2. The van der Waals surface area contributed by atoms with Gasteiger partial charge in [0.2, 0.25) is 5.95 Å². The minimum absolute atomic E-state index is 0.266.